The fourth-order valence-electron chi connectivity index (χ4n) is 2.04. The molecule has 3 N–H and O–H groups in total. The minimum atomic E-state index is -0.478. The van der Waals surface area contributed by atoms with Crippen LogP contribution in [0.2, 0.25) is 0 Å². The van der Waals surface area contributed by atoms with E-state index in [0.717, 1.165) is 5.56 Å². The van der Waals surface area contributed by atoms with Gasteiger partial charge in [0.05, 0.1) is 17.7 Å². The van der Waals surface area contributed by atoms with Crippen molar-refractivity contribution < 1.29 is 9.66 Å². The second-order valence-electron chi connectivity index (χ2n) is 3.93. The van der Waals surface area contributed by atoms with Crippen molar-refractivity contribution in [2.24, 2.45) is 0 Å². The number of anilines is 1. The Morgan fingerprint density at radius 1 is 1.53 bits per heavy atom. The minimum Gasteiger partial charge on any atom is -0.490 e. The van der Waals surface area contributed by atoms with E-state index in [-0.39, 0.29) is 11.4 Å². The first kappa shape index (κ1) is 12.9. The Hall–Kier alpha value is -2.57. The number of ether oxygens (including phenoxy) is 1. The second-order valence-corrected chi connectivity index (χ2v) is 3.93. The number of H-pyrrole nitrogens is 1. The molecule has 0 atom stereocenters. The summed E-state index contributed by atoms with van der Waals surface area (Å²) >= 11 is 0. The third-order valence-corrected chi connectivity index (χ3v) is 2.92. The normalized spacial score (nSPS) is 10.4. The van der Waals surface area contributed by atoms with E-state index in [1.165, 1.54) is 13.2 Å². The molecule has 0 spiro atoms. The summed E-state index contributed by atoms with van der Waals surface area (Å²) in [7, 11) is 1.40. The van der Waals surface area contributed by atoms with Gasteiger partial charge < -0.3 is 10.5 Å². The molecule has 0 aliphatic carbocycles. The molecular formula is C12H14N4O3. The lowest BCUT2D eigenvalue weighted by Gasteiger charge is -2.08. The van der Waals surface area contributed by atoms with E-state index in [1.54, 1.807) is 12.1 Å². The highest BCUT2D eigenvalue weighted by atomic mass is 16.6. The molecule has 0 aliphatic heterocycles. The highest BCUT2D eigenvalue weighted by Crippen LogP contribution is 2.39. The van der Waals surface area contributed by atoms with Crippen molar-refractivity contribution >= 4 is 11.5 Å². The Morgan fingerprint density at radius 2 is 2.26 bits per heavy atom. The lowest BCUT2D eigenvalue weighted by atomic mass is 10.0. The number of rotatable bonds is 4. The van der Waals surface area contributed by atoms with Crippen molar-refractivity contribution in [3.63, 3.8) is 0 Å². The van der Waals surface area contributed by atoms with Crippen molar-refractivity contribution in [2.75, 3.05) is 12.8 Å². The van der Waals surface area contributed by atoms with Crippen molar-refractivity contribution in [1.82, 2.24) is 10.2 Å². The summed E-state index contributed by atoms with van der Waals surface area (Å²) in [4.78, 5) is 10.5. The summed E-state index contributed by atoms with van der Waals surface area (Å²) in [5.74, 6) is 0.594. The number of methoxy groups -OCH3 is 1. The summed E-state index contributed by atoms with van der Waals surface area (Å²) < 4.78 is 5.17. The summed E-state index contributed by atoms with van der Waals surface area (Å²) in [6, 6.07) is 4.73. The summed E-state index contributed by atoms with van der Waals surface area (Å²) in [5, 5.41) is 17.7. The van der Waals surface area contributed by atoms with E-state index in [1.807, 2.05) is 6.92 Å². The maximum Gasteiger partial charge on any atom is 0.311 e. The van der Waals surface area contributed by atoms with Gasteiger partial charge in [-0.15, -0.1) is 0 Å². The van der Waals surface area contributed by atoms with Gasteiger partial charge in [-0.2, -0.15) is 5.10 Å². The molecular weight excluding hydrogens is 248 g/mol. The number of hydrogen-bond donors (Lipinski definition) is 2. The van der Waals surface area contributed by atoms with Crippen LogP contribution in [0.15, 0.2) is 18.2 Å². The topological polar surface area (TPSA) is 107 Å². The van der Waals surface area contributed by atoms with Crippen LogP contribution in [0.5, 0.6) is 5.75 Å². The van der Waals surface area contributed by atoms with Gasteiger partial charge in [-0.25, -0.2) is 0 Å². The van der Waals surface area contributed by atoms with E-state index in [0.29, 0.717) is 23.5 Å². The van der Waals surface area contributed by atoms with Crippen LogP contribution in [-0.2, 0) is 6.42 Å². The quantitative estimate of drug-likeness (QED) is 0.648. The summed E-state index contributed by atoms with van der Waals surface area (Å²) in [6.07, 6.45) is 0.670. The molecule has 1 aromatic heterocycles. The number of aromatic nitrogens is 2. The fourth-order valence-corrected chi connectivity index (χ4v) is 2.04. The number of nitrogens with zero attached hydrogens (tertiary/aromatic N) is 2. The number of hydrogen-bond acceptors (Lipinski definition) is 5. The van der Waals surface area contributed by atoms with Gasteiger partial charge in [0.25, 0.3) is 0 Å². The smallest absolute Gasteiger partial charge is 0.311 e. The lowest BCUT2D eigenvalue weighted by Crippen LogP contribution is -1.97. The molecule has 0 saturated carbocycles. The van der Waals surface area contributed by atoms with Gasteiger partial charge in [0.2, 0.25) is 5.75 Å². The molecule has 0 aliphatic rings. The molecule has 0 fully saturated rings. The number of nitrogens with one attached hydrogen (secondary N) is 1. The first-order chi connectivity index (χ1) is 9.10. The first-order valence-corrected chi connectivity index (χ1v) is 5.74. The average molecular weight is 262 g/mol. The summed E-state index contributed by atoms with van der Waals surface area (Å²) in [6.45, 7) is 1.94. The van der Waals surface area contributed by atoms with E-state index in [4.69, 9.17) is 10.5 Å². The van der Waals surface area contributed by atoms with Gasteiger partial charge in [-0.1, -0.05) is 13.0 Å². The monoisotopic (exact) mass is 262 g/mol. The zero-order valence-corrected chi connectivity index (χ0v) is 10.6. The van der Waals surface area contributed by atoms with Gasteiger partial charge in [-0.3, -0.25) is 15.2 Å². The Bertz CT molecular complexity index is 621. The first-order valence-electron chi connectivity index (χ1n) is 5.74. The van der Waals surface area contributed by atoms with E-state index >= 15 is 0 Å². The van der Waals surface area contributed by atoms with Crippen LogP contribution >= 0.6 is 0 Å². The van der Waals surface area contributed by atoms with Crippen LogP contribution in [0.25, 0.3) is 11.3 Å². The molecule has 0 amide bonds. The van der Waals surface area contributed by atoms with E-state index in [9.17, 15) is 10.1 Å². The SMILES string of the molecule is CCc1c(N)n[nH]c1-c1cccc([N+](=O)[O-])c1OC. The Labute approximate surface area is 109 Å². The van der Waals surface area contributed by atoms with E-state index < -0.39 is 4.92 Å². The number of nitro groups is 1. The molecule has 0 bridgehead atoms. The molecule has 7 heteroatoms. The maximum absolute atomic E-state index is 11.0. The standard InChI is InChI=1S/C12H14N4O3/c1-3-7-10(14-15-12(7)13)8-5-4-6-9(16(17)18)11(8)19-2/h4-6H,3H2,1-2H3,(H3,13,14,15). The molecule has 1 heterocycles. The third-order valence-electron chi connectivity index (χ3n) is 2.92. The molecule has 2 rings (SSSR count). The van der Waals surface area contributed by atoms with Crippen molar-refractivity contribution in [2.45, 2.75) is 13.3 Å². The highest BCUT2D eigenvalue weighted by Gasteiger charge is 2.22. The van der Waals surface area contributed by atoms with Crippen LogP contribution in [-0.4, -0.2) is 22.2 Å². The zero-order valence-electron chi connectivity index (χ0n) is 10.6. The van der Waals surface area contributed by atoms with Crippen LogP contribution in [0.4, 0.5) is 11.5 Å². The molecule has 1 aromatic carbocycles. The molecule has 0 saturated heterocycles. The molecule has 0 radical (unpaired) electrons. The Balaban J connectivity index is 2.68. The number of benzene rings is 1. The molecule has 7 nitrogen and oxygen atoms in total. The predicted molar refractivity (Wildman–Crippen MR) is 71.0 cm³/mol. The predicted octanol–water partition coefficient (Wildman–Crippen LogP) is 2.14. The second kappa shape index (κ2) is 4.97. The largest absolute Gasteiger partial charge is 0.490 e. The summed E-state index contributed by atoms with van der Waals surface area (Å²) in [5.41, 5.74) is 7.73. The number of aromatic amines is 1. The number of nitrogens with two attached hydrogens (primary N) is 1. The molecule has 2 aromatic rings. The number of nitro benzene ring substituents is 1. The van der Waals surface area contributed by atoms with Gasteiger partial charge in [0.1, 0.15) is 5.82 Å². The Kier molecular flexibility index (Phi) is 3.37. The lowest BCUT2D eigenvalue weighted by molar-refractivity contribution is -0.385. The van der Waals surface area contributed by atoms with Crippen LogP contribution in [0, 0.1) is 10.1 Å². The van der Waals surface area contributed by atoms with Gasteiger partial charge in [0.15, 0.2) is 0 Å². The molecule has 19 heavy (non-hydrogen) atoms. The van der Waals surface area contributed by atoms with Crippen LogP contribution in [0.3, 0.4) is 0 Å². The van der Waals surface area contributed by atoms with Crippen molar-refractivity contribution in [3.8, 4) is 17.0 Å². The van der Waals surface area contributed by atoms with Crippen LogP contribution in [0.1, 0.15) is 12.5 Å². The minimum absolute atomic E-state index is 0.0878. The van der Waals surface area contributed by atoms with Gasteiger partial charge in [-0.05, 0) is 12.5 Å². The van der Waals surface area contributed by atoms with Gasteiger partial charge >= 0.3 is 5.69 Å². The molecule has 0 unspecified atom stereocenters. The van der Waals surface area contributed by atoms with Gasteiger partial charge in [0, 0.05) is 17.2 Å². The maximum atomic E-state index is 11.0. The fraction of sp³-hybridized carbons (Fsp3) is 0.250. The van der Waals surface area contributed by atoms with Crippen molar-refractivity contribution in [3.05, 3.63) is 33.9 Å². The Morgan fingerprint density at radius 3 is 2.84 bits per heavy atom. The van der Waals surface area contributed by atoms with E-state index in [2.05, 4.69) is 10.2 Å². The average Bonchev–Trinajstić information content (AvgIpc) is 2.78. The number of nitrogen functional groups attached to an aromatic ring is 1. The van der Waals surface area contributed by atoms with Crippen molar-refractivity contribution in [1.29, 1.82) is 0 Å². The number of para-hydroxylation sites is 1. The van der Waals surface area contributed by atoms with Crippen LogP contribution < -0.4 is 10.5 Å². The third kappa shape index (κ3) is 2.10. The highest BCUT2D eigenvalue weighted by molar-refractivity contribution is 5.77. The molecule has 100 valence electrons. The zero-order chi connectivity index (χ0) is 14.0.